The van der Waals surface area contributed by atoms with Gasteiger partial charge in [0.25, 0.3) is 5.91 Å². The fourth-order valence-electron chi connectivity index (χ4n) is 4.16. The number of nitrogens with zero attached hydrogens (tertiary/aromatic N) is 4. The van der Waals surface area contributed by atoms with Crippen LogP contribution in [0, 0.1) is 0 Å². The van der Waals surface area contributed by atoms with Gasteiger partial charge in [-0.15, -0.1) is 0 Å². The van der Waals surface area contributed by atoms with E-state index in [0.717, 1.165) is 17.9 Å². The minimum absolute atomic E-state index is 0.00723. The second kappa shape index (κ2) is 8.21. The number of piperazine rings is 1. The van der Waals surface area contributed by atoms with Gasteiger partial charge < -0.3 is 19.4 Å². The summed E-state index contributed by atoms with van der Waals surface area (Å²) >= 11 is 0. The third kappa shape index (κ3) is 4.50. The third-order valence-corrected chi connectivity index (χ3v) is 5.71. The van der Waals surface area contributed by atoms with Crippen LogP contribution >= 0.6 is 0 Å². The molecule has 2 aromatic rings. The number of hydrogen-bond donors (Lipinski definition) is 0. The molecule has 0 N–H and O–H groups in total. The van der Waals surface area contributed by atoms with E-state index in [1.165, 1.54) is 5.56 Å². The van der Waals surface area contributed by atoms with Gasteiger partial charge in [-0.25, -0.2) is 9.78 Å². The monoisotopic (exact) mass is 422 g/mol. The highest BCUT2D eigenvalue weighted by Gasteiger charge is 2.31. The molecule has 1 fully saturated rings. The number of para-hydroxylation sites is 1. The van der Waals surface area contributed by atoms with E-state index >= 15 is 0 Å². The zero-order valence-electron chi connectivity index (χ0n) is 18.7. The van der Waals surface area contributed by atoms with Crippen LogP contribution in [0.15, 0.2) is 42.6 Å². The van der Waals surface area contributed by atoms with Crippen LogP contribution in [0.5, 0.6) is 0 Å². The summed E-state index contributed by atoms with van der Waals surface area (Å²) in [5.74, 6) is 0.793. The molecule has 0 bridgehead atoms. The molecule has 7 heteroatoms. The van der Waals surface area contributed by atoms with Crippen molar-refractivity contribution in [3.05, 3.63) is 53.7 Å². The first-order valence-corrected chi connectivity index (χ1v) is 10.8. The maximum absolute atomic E-state index is 13.0. The van der Waals surface area contributed by atoms with Crippen LogP contribution in [0.25, 0.3) is 0 Å². The van der Waals surface area contributed by atoms with Crippen molar-refractivity contribution >= 4 is 23.5 Å². The first kappa shape index (κ1) is 21.2. The van der Waals surface area contributed by atoms with E-state index in [1.807, 2.05) is 62.9 Å². The molecule has 1 aromatic heterocycles. The SMILES string of the molecule is C[C@@H]1CN(c2ccc(C(=O)N3CCc4ccccc43)cn2)CCN1C(=O)OC(C)(C)C. The molecule has 4 rings (SSSR count). The Kier molecular flexibility index (Phi) is 5.60. The van der Waals surface area contributed by atoms with E-state index in [9.17, 15) is 9.59 Å². The number of fused-ring (bicyclic) bond motifs is 1. The fourth-order valence-corrected chi connectivity index (χ4v) is 4.16. The van der Waals surface area contributed by atoms with Crippen molar-refractivity contribution in [2.45, 2.75) is 45.8 Å². The van der Waals surface area contributed by atoms with Gasteiger partial charge in [0.05, 0.1) is 5.56 Å². The van der Waals surface area contributed by atoms with E-state index in [1.54, 1.807) is 11.1 Å². The van der Waals surface area contributed by atoms with Crippen molar-refractivity contribution in [1.82, 2.24) is 9.88 Å². The van der Waals surface area contributed by atoms with Crippen LogP contribution in [0.3, 0.4) is 0 Å². The van der Waals surface area contributed by atoms with Crippen LogP contribution in [0.2, 0.25) is 0 Å². The molecule has 1 atom stereocenters. The predicted molar refractivity (Wildman–Crippen MR) is 121 cm³/mol. The molecular formula is C24H30N4O3. The van der Waals surface area contributed by atoms with Crippen molar-refractivity contribution in [2.24, 2.45) is 0 Å². The van der Waals surface area contributed by atoms with Crippen LogP contribution in [-0.4, -0.2) is 59.7 Å². The molecule has 0 spiro atoms. The van der Waals surface area contributed by atoms with Gasteiger partial charge in [0.2, 0.25) is 0 Å². The number of amides is 2. The Balaban J connectivity index is 1.40. The van der Waals surface area contributed by atoms with E-state index in [4.69, 9.17) is 4.74 Å². The van der Waals surface area contributed by atoms with Crippen LogP contribution in [0.4, 0.5) is 16.3 Å². The van der Waals surface area contributed by atoms with Gasteiger partial charge in [-0.1, -0.05) is 18.2 Å². The summed E-state index contributed by atoms with van der Waals surface area (Å²) in [6.07, 6.45) is 2.26. The number of aromatic nitrogens is 1. The highest BCUT2D eigenvalue weighted by molar-refractivity contribution is 6.07. The van der Waals surface area contributed by atoms with Crippen LogP contribution in [-0.2, 0) is 11.2 Å². The van der Waals surface area contributed by atoms with Crippen molar-refractivity contribution in [3.8, 4) is 0 Å². The summed E-state index contributed by atoms with van der Waals surface area (Å²) in [5.41, 5.74) is 2.27. The third-order valence-electron chi connectivity index (χ3n) is 5.71. The molecule has 7 nitrogen and oxygen atoms in total. The number of carbonyl (C=O) groups excluding carboxylic acids is 2. The topological polar surface area (TPSA) is 66.0 Å². The number of ether oxygens (including phenoxy) is 1. The summed E-state index contributed by atoms with van der Waals surface area (Å²) in [7, 11) is 0. The summed E-state index contributed by atoms with van der Waals surface area (Å²) in [6, 6.07) is 11.8. The van der Waals surface area contributed by atoms with Gasteiger partial charge in [0.1, 0.15) is 11.4 Å². The predicted octanol–water partition coefficient (Wildman–Crippen LogP) is 3.73. The Hall–Kier alpha value is -3.09. The van der Waals surface area contributed by atoms with Gasteiger partial charge in [0, 0.05) is 44.1 Å². The van der Waals surface area contributed by atoms with Crippen molar-refractivity contribution in [3.63, 3.8) is 0 Å². The summed E-state index contributed by atoms with van der Waals surface area (Å²) in [6.45, 7) is 10.2. The highest BCUT2D eigenvalue weighted by atomic mass is 16.6. The fraction of sp³-hybridized carbons (Fsp3) is 0.458. The van der Waals surface area contributed by atoms with Crippen molar-refractivity contribution in [1.29, 1.82) is 0 Å². The van der Waals surface area contributed by atoms with Crippen molar-refractivity contribution in [2.75, 3.05) is 36.0 Å². The van der Waals surface area contributed by atoms with Crippen molar-refractivity contribution < 1.29 is 14.3 Å². The number of hydrogen-bond acceptors (Lipinski definition) is 5. The van der Waals surface area contributed by atoms with E-state index in [2.05, 4.69) is 16.0 Å². The smallest absolute Gasteiger partial charge is 0.410 e. The normalized spacial score (nSPS) is 18.7. The molecule has 2 aliphatic heterocycles. The van der Waals surface area contributed by atoms with Gasteiger partial charge in [-0.2, -0.15) is 0 Å². The molecule has 31 heavy (non-hydrogen) atoms. The second-order valence-corrected chi connectivity index (χ2v) is 9.21. The Bertz CT molecular complexity index is 968. The van der Waals surface area contributed by atoms with Gasteiger partial charge in [0.15, 0.2) is 0 Å². The minimum atomic E-state index is -0.506. The zero-order valence-corrected chi connectivity index (χ0v) is 18.7. The summed E-state index contributed by atoms with van der Waals surface area (Å²) in [5, 5.41) is 0. The molecule has 0 saturated carbocycles. The lowest BCUT2D eigenvalue weighted by Gasteiger charge is -2.40. The first-order chi connectivity index (χ1) is 14.7. The van der Waals surface area contributed by atoms with Gasteiger partial charge in [-0.05, 0) is 57.9 Å². The van der Waals surface area contributed by atoms with Gasteiger partial charge in [-0.3, -0.25) is 4.79 Å². The number of benzene rings is 1. The molecule has 164 valence electrons. The molecule has 2 amide bonds. The molecule has 1 aromatic carbocycles. The van der Waals surface area contributed by atoms with Crippen LogP contribution in [0.1, 0.15) is 43.6 Å². The molecule has 3 heterocycles. The Morgan fingerprint density at radius 3 is 2.52 bits per heavy atom. The number of carbonyl (C=O) groups is 2. The summed E-state index contributed by atoms with van der Waals surface area (Å²) < 4.78 is 5.52. The zero-order chi connectivity index (χ0) is 22.2. The number of anilines is 2. The second-order valence-electron chi connectivity index (χ2n) is 9.21. The van der Waals surface area contributed by atoms with E-state index in [0.29, 0.717) is 31.7 Å². The highest BCUT2D eigenvalue weighted by Crippen LogP contribution is 2.29. The maximum atomic E-state index is 13.0. The lowest BCUT2D eigenvalue weighted by Crippen LogP contribution is -2.55. The maximum Gasteiger partial charge on any atom is 0.410 e. The number of pyridine rings is 1. The Morgan fingerprint density at radius 1 is 1.06 bits per heavy atom. The average Bonchev–Trinajstić information content (AvgIpc) is 3.16. The number of rotatable bonds is 2. The lowest BCUT2D eigenvalue weighted by atomic mass is 10.1. The lowest BCUT2D eigenvalue weighted by molar-refractivity contribution is 0.0158. The molecule has 0 radical (unpaired) electrons. The molecule has 0 unspecified atom stereocenters. The molecule has 1 saturated heterocycles. The van der Waals surface area contributed by atoms with E-state index < -0.39 is 5.60 Å². The van der Waals surface area contributed by atoms with Crippen LogP contribution < -0.4 is 9.80 Å². The van der Waals surface area contributed by atoms with E-state index in [-0.39, 0.29) is 18.0 Å². The van der Waals surface area contributed by atoms with Gasteiger partial charge >= 0.3 is 6.09 Å². The molecular weight excluding hydrogens is 392 g/mol. The minimum Gasteiger partial charge on any atom is -0.444 e. The largest absolute Gasteiger partial charge is 0.444 e. The molecule has 2 aliphatic rings. The Labute approximate surface area is 183 Å². The Morgan fingerprint density at radius 2 is 1.84 bits per heavy atom. The molecule has 0 aliphatic carbocycles. The standard InChI is InChI=1S/C24H30N4O3/c1-17-16-26(13-14-27(17)23(30)31-24(2,3)4)21-10-9-19(15-25-21)22(29)28-12-11-18-7-5-6-8-20(18)28/h5-10,15,17H,11-14,16H2,1-4H3/t17-/m1/s1. The summed E-state index contributed by atoms with van der Waals surface area (Å²) in [4.78, 5) is 35.7. The average molecular weight is 423 g/mol. The first-order valence-electron chi connectivity index (χ1n) is 10.8. The quantitative estimate of drug-likeness (QED) is 0.738.